The lowest BCUT2D eigenvalue weighted by Gasteiger charge is -2.19. The molecule has 1 unspecified atom stereocenters. The van der Waals surface area contributed by atoms with Crippen molar-refractivity contribution in [2.75, 3.05) is 36.4 Å². The maximum atomic E-state index is 11.9. The van der Waals surface area contributed by atoms with Crippen LogP contribution in [0, 0.1) is 5.92 Å². The first-order chi connectivity index (χ1) is 10.2. The van der Waals surface area contributed by atoms with Crippen LogP contribution < -0.4 is 15.5 Å². The van der Waals surface area contributed by atoms with Crippen molar-refractivity contribution >= 4 is 17.4 Å². The monoisotopic (exact) mass is 290 g/mol. The van der Waals surface area contributed by atoms with Gasteiger partial charge in [0.1, 0.15) is 5.82 Å². The number of pyridine rings is 1. The fourth-order valence-corrected chi connectivity index (χ4v) is 2.71. The van der Waals surface area contributed by atoms with Crippen molar-refractivity contribution in [1.29, 1.82) is 0 Å². The highest BCUT2D eigenvalue weighted by atomic mass is 16.1. The summed E-state index contributed by atoms with van der Waals surface area (Å²) < 4.78 is 0. The molecule has 2 heterocycles. The Morgan fingerprint density at radius 3 is 2.81 bits per heavy atom. The molecule has 1 amide bonds. The Labute approximate surface area is 127 Å². The Balaban J connectivity index is 1.80. The van der Waals surface area contributed by atoms with Crippen LogP contribution in [0.5, 0.6) is 0 Å². The molecule has 1 atom stereocenters. The van der Waals surface area contributed by atoms with E-state index in [-0.39, 0.29) is 5.91 Å². The second-order valence-corrected chi connectivity index (χ2v) is 5.52. The van der Waals surface area contributed by atoms with E-state index in [1.807, 2.05) is 12.1 Å². The van der Waals surface area contributed by atoms with Gasteiger partial charge in [-0.05, 0) is 57.8 Å². The number of hydrogen-bond donors (Lipinski definition) is 2. The minimum Gasteiger partial charge on any atom is -0.357 e. The highest BCUT2D eigenvalue weighted by molar-refractivity contribution is 5.90. The van der Waals surface area contributed by atoms with Crippen molar-refractivity contribution in [2.24, 2.45) is 5.92 Å². The minimum absolute atomic E-state index is 0.0827. The van der Waals surface area contributed by atoms with Crippen molar-refractivity contribution in [1.82, 2.24) is 10.3 Å². The number of nitrogens with zero attached hydrogens (tertiary/aromatic N) is 2. The van der Waals surface area contributed by atoms with Crippen LogP contribution in [0.3, 0.4) is 0 Å². The molecule has 0 radical (unpaired) electrons. The minimum atomic E-state index is 0.0827. The molecule has 0 bridgehead atoms. The maximum absolute atomic E-state index is 11.9. The van der Waals surface area contributed by atoms with Gasteiger partial charge in [0.2, 0.25) is 5.91 Å². The first kappa shape index (κ1) is 15.8. The van der Waals surface area contributed by atoms with Crippen LogP contribution in [0.2, 0.25) is 0 Å². The highest BCUT2D eigenvalue weighted by Gasteiger charge is 2.15. The summed E-state index contributed by atoms with van der Waals surface area (Å²) in [6.07, 6.45) is 4.48. The van der Waals surface area contributed by atoms with Gasteiger partial charge in [0, 0.05) is 19.5 Å². The summed E-state index contributed by atoms with van der Waals surface area (Å²) >= 11 is 0. The molecule has 5 nitrogen and oxygen atoms in total. The Morgan fingerprint density at radius 2 is 2.24 bits per heavy atom. The number of aromatic nitrogens is 1. The quantitative estimate of drug-likeness (QED) is 0.809. The zero-order valence-corrected chi connectivity index (χ0v) is 13.1. The van der Waals surface area contributed by atoms with E-state index in [0.717, 1.165) is 44.1 Å². The van der Waals surface area contributed by atoms with Crippen molar-refractivity contribution in [3.63, 3.8) is 0 Å². The Morgan fingerprint density at radius 1 is 1.43 bits per heavy atom. The predicted molar refractivity (Wildman–Crippen MR) is 86.6 cm³/mol. The summed E-state index contributed by atoms with van der Waals surface area (Å²) in [4.78, 5) is 18.5. The summed E-state index contributed by atoms with van der Waals surface area (Å²) in [7, 11) is 0. The van der Waals surface area contributed by atoms with E-state index in [9.17, 15) is 4.79 Å². The zero-order chi connectivity index (χ0) is 15.1. The molecule has 1 aliphatic rings. The molecule has 21 heavy (non-hydrogen) atoms. The Hall–Kier alpha value is -1.62. The summed E-state index contributed by atoms with van der Waals surface area (Å²) in [5.41, 5.74) is 0.778. The number of amides is 1. The fourth-order valence-electron chi connectivity index (χ4n) is 2.71. The van der Waals surface area contributed by atoms with Crippen LogP contribution >= 0.6 is 0 Å². The lowest BCUT2D eigenvalue weighted by atomic mass is 10.0. The van der Waals surface area contributed by atoms with Gasteiger partial charge in [-0.15, -0.1) is 0 Å². The Kier molecular flexibility index (Phi) is 5.99. The van der Waals surface area contributed by atoms with Gasteiger partial charge in [0.15, 0.2) is 0 Å². The molecule has 1 saturated heterocycles. The summed E-state index contributed by atoms with van der Waals surface area (Å²) in [5, 5.41) is 6.25. The molecule has 0 aromatic carbocycles. The largest absolute Gasteiger partial charge is 0.357 e. The third-order valence-electron chi connectivity index (χ3n) is 4.06. The standard InChI is InChI=1S/C16H26N4O/c1-3-20(4-2)15-7-6-14(12-18-15)19-16(21)8-5-13-9-10-17-11-13/h6-7,12-13,17H,3-5,8-11H2,1-2H3,(H,19,21). The number of anilines is 2. The molecule has 1 aliphatic heterocycles. The lowest BCUT2D eigenvalue weighted by molar-refractivity contribution is -0.116. The molecule has 1 aromatic heterocycles. The van der Waals surface area contributed by atoms with E-state index in [2.05, 4.69) is 34.4 Å². The molecule has 2 rings (SSSR count). The summed E-state index contributed by atoms with van der Waals surface area (Å²) in [6, 6.07) is 3.89. The SMILES string of the molecule is CCN(CC)c1ccc(NC(=O)CCC2CCNC2)cn1. The third-order valence-corrected chi connectivity index (χ3v) is 4.06. The van der Waals surface area contributed by atoms with Crippen molar-refractivity contribution in [3.8, 4) is 0 Å². The molecular formula is C16H26N4O. The van der Waals surface area contributed by atoms with Crippen molar-refractivity contribution in [3.05, 3.63) is 18.3 Å². The number of hydrogen-bond acceptors (Lipinski definition) is 4. The molecule has 2 N–H and O–H groups in total. The van der Waals surface area contributed by atoms with Gasteiger partial charge in [-0.1, -0.05) is 0 Å². The number of rotatable bonds is 7. The Bertz CT molecular complexity index is 436. The van der Waals surface area contributed by atoms with Gasteiger partial charge in [0.25, 0.3) is 0 Å². The van der Waals surface area contributed by atoms with E-state index >= 15 is 0 Å². The highest BCUT2D eigenvalue weighted by Crippen LogP contribution is 2.16. The molecule has 0 spiro atoms. The zero-order valence-electron chi connectivity index (χ0n) is 13.1. The molecule has 116 valence electrons. The number of carbonyl (C=O) groups is 1. The van der Waals surface area contributed by atoms with Gasteiger partial charge in [-0.25, -0.2) is 4.98 Å². The van der Waals surface area contributed by atoms with Crippen LogP contribution in [-0.4, -0.2) is 37.1 Å². The number of carbonyl (C=O) groups excluding carboxylic acids is 1. The second kappa shape index (κ2) is 7.98. The van der Waals surface area contributed by atoms with Gasteiger partial charge in [-0.3, -0.25) is 4.79 Å². The number of nitrogens with one attached hydrogen (secondary N) is 2. The molecular weight excluding hydrogens is 264 g/mol. The van der Waals surface area contributed by atoms with E-state index in [1.54, 1.807) is 6.20 Å². The molecule has 1 aromatic rings. The fraction of sp³-hybridized carbons (Fsp3) is 0.625. The topological polar surface area (TPSA) is 57.3 Å². The normalized spacial score (nSPS) is 17.7. The van der Waals surface area contributed by atoms with E-state index in [0.29, 0.717) is 12.3 Å². The van der Waals surface area contributed by atoms with Gasteiger partial charge in [0.05, 0.1) is 11.9 Å². The molecule has 5 heteroatoms. The van der Waals surface area contributed by atoms with Crippen LogP contribution in [0.15, 0.2) is 18.3 Å². The molecule has 0 saturated carbocycles. The van der Waals surface area contributed by atoms with E-state index in [1.165, 1.54) is 6.42 Å². The first-order valence-corrected chi connectivity index (χ1v) is 7.94. The molecule has 1 fully saturated rings. The van der Waals surface area contributed by atoms with Crippen LogP contribution in [0.4, 0.5) is 11.5 Å². The maximum Gasteiger partial charge on any atom is 0.224 e. The lowest BCUT2D eigenvalue weighted by Crippen LogP contribution is -2.23. The molecule has 0 aliphatic carbocycles. The smallest absolute Gasteiger partial charge is 0.224 e. The average molecular weight is 290 g/mol. The summed E-state index contributed by atoms with van der Waals surface area (Å²) in [5.74, 6) is 1.69. The van der Waals surface area contributed by atoms with Crippen LogP contribution in [0.25, 0.3) is 0 Å². The predicted octanol–water partition coefficient (Wildman–Crippen LogP) is 2.26. The van der Waals surface area contributed by atoms with Gasteiger partial charge in [-0.2, -0.15) is 0 Å². The van der Waals surface area contributed by atoms with E-state index < -0.39 is 0 Å². The van der Waals surface area contributed by atoms with Crippen molar-refractivity contribution in [2.45, 2.75) is 33.1 Å². The van der Waals surface area contributed by atoms with Crippen molar-refractivity contribution < 1.29 is 4.79 Å². The van der Waals surface area contributed by atoms with Crippen LogP contribution in [-0.2, 0) is 4.79 Å². The second-order valence-electron chi connectivity index (χ2n) is 5.52. The van der Waals surface area contributed by atoms with Crippen LogP contribution in [0.1, 0.15) is 33.1 Å². The first-order valence-electron chi connectivity index (χ1n) is 7.94. The third kappa shape index (κ3) is 4.70. The average Bonchev–Trinajstić information content (AvgIpc) is 3.01. The summed E-state index contributed by atoms with van der Waals surface area (Å²) in [6.45, 7) is 8.23. The van der Waals surface area contributed by atoms with Gasteiger partial charge < -0.3 is 15.5 Å². The van der Waals surface area contributed by atoms with E-state index in [4.69, 9.17) is 0 Å². The van der Waals surface area contributed by atoms with Gasteiger partial charge >= 0.3 is 0 Å².